The number of hydrogen-bond acceptors (Lipinski definition) is 4. The summed E-state index contributed by atoms with van der Waals surface area (Å²) in [6, 6.07) is 8.92. The fourth-order valence-electron chi connectivity index (χ4n) is 4.24. The molecule has 31 heavy (non-hydrogen) atoms. The van der Waals surface area contributed by atoms with Crippen LogP contribution in [-0.2, 0) is 18.3 Å². The Bertz CT molecular complexity index is 928. The minimum atomic E-state index is 0. The first-order valence-electron chi connectivity index (χ1n) is 10.7. The van der Waals surface area contributed by atoms with Gasteiger partial charge in [0.25, 0.3) is 0 Å². The number of nitrogens with zero attached hydrogens (tertiary/aromatic N) is 6. The summed E-state index contributed by atoms with van der Waals surface area (Å²) in [5.41, 5.74) is 3.59. The third-order valence-corrected chi connectivity index (χ3v) is 5.82. The summed E-state index contributed by atoms with van der Waals surface area (Å²) in [6.45, 7) is 8.47. The normalized spacial score (nSPS) is 17.5. The number of halogens is 1. The zero-order valence-corrected chi connectivity index (χ0v) is 20.8. The van der Waals surface area contributed by atoms with Crippen molar-refractivity contribution in [2.24, 2.45) is 12.0 Å². The molecule has 1 aromatic carbocycles. The van der Waals surface area contributed by atoms with Gasteiger partial charge in [-0.1, -0.05) is 18.2 Å². The number of aromatic nitrogens is 2. The smallest absolute Gasteiger partial charge is 0.246 e. The number of amides is 1. The lowest BCUT2D eigenvalue weighted by Gasteiger charge is -2.35. The molecule has 0 aliphatic carbocycles. The van der Waals surface area contributed by atoms with Gasteiger partial charge in [-0.3, -0.25) is 14.5 Å². The molecule has 4 rings (SSSR count). The van der Waals surface area contributed by atoms with Crippen molar-refractivity contribution in [1.82, 2.24) is 20.0 Å². The molecule has 1 N–H and O–H groups in total. The lowest BCUT2D eigenvalue weighted by molar-refractivity contribution is -0.120. The van der Waals surface area contributed by atoms with E-state index in [0.29, 0.717) is 25.7 Å². The number of hydrogen-bond donors (Lipinski definition) is 1. The first kappa shape index (κ1) is 23.4. The van der Waals surface area contributed by atoms with Crippen molar-refractivity contribution in [3.8, 4) is 0 Å². The predicted octanol–water partition coefficient (Wildman–Crippen LogP) is 2.10. The average molecular weight is 537 g/mol. The zero-order chi connectivity index (χ0) is 21.1. The van der Waals surface area contributed by atoms with Crippen molar-refractivity contribution < 1.29 is 4.79 Å². The number of guanidine groups is 1. The molecular weight excluding hydrogens is 505 g/mol. The van der Waals surface area contributed by atoms with Gasteiger partial charge in [-0.25, -0.2) is 0 Å². The number of aryl methyl sites for hydroxylation is 1. The predicted molar refractivity (Wildman–Crippen MR) is 135 cm³/mol. The maximum atomic E-state index is 12.8. The fraction of sp³-hybridized carbons (Fsp3) is 0.500. The molecule has 168 valence electrons. The number of rotatable bonds is 5. The summed E-state index contributed by atoms with van der Waals surface area (Å²) >= 11 is 0. The Morgan fingerprint density at radius 2 is 2.06 bits per heavy atom. The SMILES string of the molecule is CCNC(=NCC(C)N1CCc2ccccc21)N1CCN(c2cnn(C)c2)C(=O)C1.I. The summed E-state index contributed by atoms with van der Waals surface area (Å²) in [5.74, 6) is 0.886. The highest BCUT2D eigenvalue weighted by Gasteiger charge is 2.28. The van der Waals surface area contributed by atoms with Crippen molar-refractivity contribution >= 4 is 47.2 Å². The second-order valence-corrected chi connectivity index (χ2v) is 7.95. The number of anilines is 2. The standard InChI is InChI=1S/C22H31N7O.HI/c1-4-23-22(24-13-17(2)28-10-9-18-7-5-6-8-20(18)28)27-11-12-29(21(30)16-27)19-14-25-26(3)15-19;/h5-8,14-15,17H,4,9-13,16H2,1-3H3,(H,23,24);1H. The van der Waals surface area contributed by atoms with Crippen LogP contribution in [0.25, 0.3) is 0 Å². The van der Waals surface area contributed by atoms with E-state index in [0.717, 1.165) is 37.7 Å². The van der Waals surface area contributed by atoms with Crippen molar-refractivity contribution in [2.75, 3.05) is 49.1 Å². The zero-order valence-electron chi connectivity index (χ0n) is 18.5. The average Bonchev–Trinajstić information content (AvgIpc) is 3.37. The lowest BCUT2D eigenvalue weighted by atomic mass is 10.2. The quantitative estimate of drug-likeness (QED) is 0.360. The van der Waals surface area contributed by atoms with Crippen LogP contribution in [0.5, 0.6) is 0 Å². The highest BCUT2D eigenvalue weighted by Crippen LogP contribution is 2.29. The Labute approximate surface area is 201 Å². The first-order valence-corrected chi connectivity index (χ1v) is 10.7. The van der Waals surface area contributed by atoms with Crippen molar-refractivity contribution in [3.05, 3.63) is 42.2 Å². The third kappa shape index (κ3) is 5.13. The third-order valence-electron chi connectivity index (χ3n) is 5.82. The molecule has 0 bridgehead atoms. The molecule has 3 heterocycles. The molecule has 0 radical (unpaired) electrons. The molecule has 1 aromatic heterocycles. The molecule has 1 unspecified atom stereocenters. The van der Waals surface area contributed by atoms with E-state index in [-0.39, 0.29) is 29.9 Å². The lowest BCUT2D eigenvalue weighted by Crippen LogP contribution is -2.55. The number of para-hydroxylation sites is 1. The summed E-state index contributed by atoms with van der Waals surface area (Å²) in [7, 11) is 1.86. The van der Waals surface area contributed by atoms with Gasteiger partial charge in [0.2, 0.25) is 5.91 Å². The second kappa shape index (κ2) is 10.3. The molecule has 2 aliphatic rings. The minimum Gasteiger partial charge on any atom is -0.366 e. The number of aliphatic imine (C=N–C) groups is 1. The Morgan fingerprint density at radius 1 is 1.26 bits per heavy atom. The molecular formula is C22H32IN7O. The largest absolute Gasteiger partial charge is 0.366 e. The summed E-state index contributed by atoms with van der Waals surface area (Å²) in [4.78, 5) is 24.0. The monoisotopic (exact) mass is 537 g/mol. The van der Waals surface area contributed by atoms with Crippen molar-refractivity contribution in [3.63, 3.8) is 0 Å². The van der Waals surface area contributed by atoms with Gasteiger partial charge in [0, 0.05) is 51.2 Å². The Kier molecular flexibility index (Phi) is 7.79. The highest BCUT2D eigenvalue weighted by molar-refractivity contribution is 14.0. The summed E-state index contributed by atoms with van der Waals surface area (Å²) < 4.78 is 1.72. The second-order valence-electron chi connectivity index (χ2n) is 7.95. The molecule has 0 spiro atoms. The van der Waals surface area contributed by atoms with Crippen LogP contribution < -0.4 is 15.1 Å². The van der Waals surface area contributed by atoms with E-state index in [1.807, 2.05) is 13.2 Å². The van der Waals surface area contributed by atoms with Gasteiger partial charge in [-0.05, 0) is 31.9 Å². The molecule has 1 atom stereocenters. The van der Waals surface area contributed by atoms with Gasteiger partial charge < -0.3 is 20.0 Å². The van der Waals surface area contributed by atoms with E-state index in [9.17, 15) is 4.79 Å². The molecule has 1 saturated heterocycles. The highest BCUT2D eigenvalue weighted by atomic mass is 127. The number of carbonyl (C=O) groups is 1. The Balaban J connectivity index is 0.00000272. The number of piperazine rings is 1. The van der Waals surface area contributed by atoms with E-state index >= 15 is 0 Å². The number of fused-ring (bicyclic) bond motifs is 1. The van der Waals surface area contributed by atoms with Crippen LogP contribution >= 0.6 is 24.0 Å². The maximum Gasteiger partial charge on any atom is 0.246 e. The first-order chi connectivity index (χ1) is 14.6. The number of carbonyl (C=O) groups excluding carboxylic acids is 1. The molecule has 2 aromatic rings. The van der Waals surface area contributed by atoms with Crippen LogP contribution in [-0.4, -0.2) is 71.9 Å². The van der Waals surface area contributed by atoms with Gasteiger partial charge in [-0.2, -0.15) is 5.10 Å². The molecule has 2 aliphatic heterocycles. The number of nitrogens with one attached hydrogen (secondary N) is 1. The van der Waals surface area contributed by atoms with E-state index in [1.54, 1.807) is 15.8 Å². The summed E-state index contributed by atoms with van der Waals surface area (Å²) in [6.07, 6.45) is 4.71. The van der Waals surface area contributed by atoms with Gasteiger partial charge in [-0.15, -0.1) is 24.0 Å². The molecule has 1 amide bonds. The van der Waals surface area contributed by atoms with Crippen molar-refractivity contribution in [2.45, 2.75) is 26.3 Å². The van der Waals surface area contributed by atoms with Gasteiger partial charge >= 0.3 is 0 Å². The maximum absolute atomic E-state index is 12.8. The Morgan fingerprint density at radius 3 is 2.77 bits per heavy atom. The molecule has 8 nitrogen and oxygen atoms in total. The van der Waals surface area contributed by atoms with Crippen LogP contribution in [0.1, 0.15) is 19.4 Å². The van der Waals surface area contributed by atoms with E-state index < -0.39 is 0 Å². The van der Waals surface area contributed by atoms with E-state index in [1.165, 1.54) is 11.3 Å². The van der Waals surface area contributed by atoms with Crippen molar-refractivity contribution in [1.29, 1.82) is 0 Å². The summed E-state index contributed by atoms with van der Waals surface area (Å²) in [5, 5.41) is 7.55. The molecule has 1 fully saturated rings. The fourth-order valence-corrected chi connectivity index (χ4v) is 4.24. The topological polar surface area (TPSA) is 69.0 Å². The van der Waals surface area contributed by atoms with Gasteiger partial charge in [0.15, 0.2) is 5.96 Å². The number of benzene rings is 1. The van der Waals surface area contributed by atoms with Crippen LogP contribution in [0.15, 0.2) is 41.7 Å². The molecule has 9 heteroatoms. The van der Waals surface area contributed by atoms with Crippen LogP contribution in [0, 0.1) is 0 Å². The van der Waals surface area contributed by atoms with Gasteiger partial charge in [0.05, 0.1) is 18.4 Å². The van der Waals surface area contributed by atoms with Gasteiger partial charge in [0.1, 0.15) is 6.54 Å². The Hall–Kier alpha value is -2.30. The van der Waals surface area contributed by atoms with Crippen LogP contribution in [0.2, 0.25) is 0 Å². The van der Waals surface area contributed by atoms with E-state index in [4.69, 9.17) is 4.99 Å². The van der Waals surface area contributed by atoms with E-state index in [2.05, 4.69) is 58.3 Å². The van der Waals surface area contributed by atoms with Crippen LogP contribution in [0.3, 0.4) is 0 Å². The minimum absolute atomic E-state index is 0. The molecule has 0 saturated carbocycles. The van der Waals surface area contributed by atoms with Crippen LogP contribution in [0.4, 0.5) is 11.4 Å².